The second kappa shape index (κ2) is 7.86. The maximum atomic E-state index is 11.3. The molecule has 98 valence electrons. The lowest BCUT2D eigenvalue weighted by molar-refractivity contribution is -0.120. The van der Waals surface area contributed by atoms with Crippen molar-refractivity contribution in [2.75, 3.05) is 53.0 Å². The Morgan fingerprint density at radius 1 is 1.29 bits per heavy atom. The number of rotatable bonds is 5. The van der Waals surface area contributed by atoms with Gasteiger partial charge in [0.2, 0.25) is 5.91 Å². The van der Waals surface area contributed by atoms with Gasteiger partial charge in [-0.3, -0.25) is 9.69 Å². The van der Waals surface area contributed by atoms with E-state index in [9.17, 15) is 9.59 Å². The molecule has 0 aromatic heterocycles. The summed E-state index contributed by atoms with van der Waals surface area (Å²) in [6.45, 7) is 4.60. The molecule has 0 radical (unpaired) electrons. The Kier molecular flexibility index (Phi) is 6.34. The van der Waals surface area contributed by atoms with Crippen molar-refractivity contribution < 1.29 is 19.1 Å². The fraction of sp³-hybridized carbons (Fsp3) is 0.800. The Morgan fingerprint density at radius 3 is 2.65 bits per heavy atom. The predicted molar refractivity (Wildman–Crippen MR) is 60.7 cm³/mol. The van der Waals surface area contributed by atoms with Gasteiger partial charge in [0.15, 0.2) is 0 Å². The third-order valence-electron chi connectivity index (χ3n) is 2.43. The molecule has 0 unspecified atom stereocenters. The number of nitrogens with zero attached hydrogens (tertiary/aromatic N) is 1. The zero-order valence-corrected chi connectivity index (χ0v) is 10.0. The molecule has 0 spiro atoms. The third kappa shape index (κ3) is 6.08. The Morgan fingerprint density at radius 2 is 2.00 bits per heavy atom. The fourth-order valence-corrected chi connectivity index (χ4v) is 1.47. The summed E-state index contributed by atoms with van der Waals surface area (Å²) < 4.78 is 9.56. The van der Waals surface area contributed by atoms with Crippen LogP contribution in [0.15, 0.2) is 0 Å². The molecule has 7 nitrogen and oxygen atoms in total. The van der Waals surface area contributed by atoms with Crippen LogP contribution in [0.4, 0.5) is 4.79 Å². The minimum absolute atomic E-state index is 0.0597. The van der Waals surface area contributed by atoms with Crippen LogP contribution in [-0.2, 0) is 14.3 Å². The van der Waals surface area contributed by atoms with E-state index in [0.717, 1.165) is 32.8 Å². The van der Waals surface area contributed by atoms with Gasteiger partial charge in [0.05, 0.1) is 26.9 Å². The first-order chi connectivity index (χ1) is 8.22. The summed E-state index contributed by atoms with van der Waals surface area (Å²) in [5.74, 6) is -0.219. The SMILES string of the molecule is COC(=O)NCC(=O)NCCN1CCOCC1. The highest BCUT2D eigenvalue weighted by Gasteiger charge is 2.10. The molecular formula is C10H19N3O4. The summed E-state index contributed by atoms with van der Waals surface area (Å²) in [5, 5.41) is 5.03. The number of hydrogen-bond donors (Lipinski definition) is 2. The highest BCUT2D eigenvalue weighted by molar-refractivity contribution is 5.81. The monoisotopic (exact) mass is 245 g/mol. The number of alkyl carbamates (subject to hydrolysis) is 1. The first-order valence-electron chi connectivity index (χ1n) is 5.61. The average molecular weight is 245 g/mol. The quantitative estimate of drug-likeness (QED) is 0.635. The van der Waals surface area contributed by atoms with Gasteiger partial charge in [-0.25, -0.2) is 4.79 Å². The van der Waals surface area contributed by atoms with Crippen molar-refractivity contribution in [2.45, 2.75) is 0 Å². The van der Waals surface area contributed by atoms with Gasteiger partial charge in [-0.05, 0) is 0 Å². The van der Waals surface area contributed by atoms with Crippen molar-refractivity contribution >= 4 is 12.0 Å². The minimum atomic E-state index is -0.603. The largest absolute Gasteiger partial charge is 0.453 e. The van der Waals surface area contributed by atoms with Crippen molar-refractivity contribution in [1.82, 2.24) is 15.5 Å². The number of nitrogens with one attached hydrogen (secondary N) is 2. The van der Waals surface area contributed by atoms with E-state index in [1.807, 2.05) is 0 Å². The number of morpholine rings is 1. The van der Waals surface area contributed by atoms with Gasteiger partial charge in [-0.15, -0.1) is 0 Å². The fourth-order valence-electron chi connectivity index (χ4n) is 1.47. The van der Waals surface area contributed by atoms with Gasteiger partial charge in [0, 0.05) is 26.2 Å². The van der Waals surface area contributed by atoms with Crippen molar-refractivity contribution in [1.29, 1.82) is 0 Å². The van der Waals surface area contributed by atoms with E-state index in [0.29, 0.717) is 6.54 Å². The van der Waals surface area contributed by atoms with Gasteiger partial charge in [0.1, 0.15) is 0 Å². The van der Waals surface area contributed by atoms with Crippen molar-refractivity contribution in [3.05, 3.63) is 0 Å². The van der Waals surface area contributed by atoms with E-state index >= 15 is 0 Å². The standard InChI is InChI=1S/C10H19N3O4/c1-16-10(15)12-8-9(14)11-2-3-13-4-6-17-7-5-13/h2-8H2,1H3,(H,11,14)(H,12,15). The molecule has 1 saturated heterocycles. The van der Waals surface area contributed by atoms with Gasteiger partial charge >= 0.3 is 6.09 Å². The van der Waals surface area contributed by atoms with Gasteiger partial charge < -0.3 is 20.1 Å². The van der Waals surface area contributed by atoms with Crippen LogP contribution in [0.3, 0.4) is 0 Å². The molecule has 1 aliphatic rings. The summed E-state index contributed by atoms with van der Waals surface area (Å²) >= 11 is 0. The van der Waals surface area contributed by atoms with E-state index < -0.39 is 6.09 Å². The number of carbonyl (C=O) groups excluding carboxylic acids is 2. The van der Waals surface area contributed by atoms with Crippen molar-refractivity contribution in [3.8, 4) is 0 Å². The van der Waals surface area contributed by atoms with Crippen LogP contribution in [0, 0.1) is 0 Å². The Labute approximate surface area is 100 Å². The molecule has 2 N–H and O–H groups in total. The lowest BCUT2D eigenvalue weighted by Crippen LogP contribution is -2.43. The minimum Gasteiger partial charge on any atom is -0.453 e. The summed E-state index contributed by atoms with van der Waals surface area (Å²) in [6.07, 6.45) is -0.603. The Bertz CT molecular complexity index is 254. The molecule has 17 heavy (non-hydrogen) atoms. The Balaban J connectivity index is 2.01. The van der Waals surface area contributed by atoms with E-state index in [4.69, 9.17) is 4.74 Å². The normalized spacial score (nSPS) is 16.3. The zero-order chi connectivity index (χ0) is 12.5. The second-order valence-electron chi connectivity index (χ2n) is 3.65. The van der Waals surface area contributed by atoms with Gasteiger partial charge in [0.25, 0.3) is 0 Å². The molecule has 1 fully saturated rings. The second-order valence-corrected chi connectivity index (χ2v) is 3.65. The molecule has 0 saturated carbocycles. The molecule has 0 bridgehead atoms. The Hall–Kier alpha value is -1.34. The van der Waals surface area contributed by atoms with E-state index in [-0.39, 0.29) is 12.5 Å². The van der Waals surface area contributed by atoms with Crippen LogP contribution >= 0.6 is 0 Å². The molecule has 0 aromatic carbocycles. The maximum absolute atomic E-state index is 11.3. The van der Waals surface area contributed by atoms with Crippen molar-refractivity contribution in [2.24, 2.45) is 0 Å². The molecule has 1 aliphatic heterocycles. The maximum Gasteiger partial charge on any atom is 0.407 e. The number of methoxy groups -OCH3 is 1. The molecule has 0 aromatic rings. The topological polar surface area (TPSA) is 79.9 Å². The number of ether oxygens (including phenoxy) is 2. The molecule has 0 aliphatic carbocycles. The summed E-state index contributed by atoms with van der Waals surface area (Å²) in [7, 11) is 1.26. The molecule has 0 atom stereocenters. The van der Waals surface area contributed by atoms with E-state index in [2.05, 4.69) is 20.3 Å². The lowest BCUT2D eigenvalue weighted by atomic mass is 10.4. The van der Waals surface area contributed by atoms with Crippen LogP contribution in [0.25, 0.3) is 0 Å². The van der Waals surface area contributed by atoms with Crippen LogP contribution in [0.1, 0.15) is 0 Å². The summed E-state index contributed by atoms with van der Waals surface area (Å²) in [6, 6.07) is 0. The molecular weight excluding hydrogens is 226 g/mol. The highest BCUT2D eigenvalue weighted by atomic mass is 16.5. The highest BCUT2D eigenvalue weighted by Crippen LogP contribution is 1.94. The van der Waals surface area contributed by atoms with Gasteiger partial charge in [-0.1, -0.05) is 0 Å². The summed E-state index contributed by atoms with van der Waals surface area (Å²) in [5.41, 5.74) is 0. The molecule has 2 amide bonds. The van der Waals surface area contributed by atoms with Crippen LogP contribution in [0.2, 0.25) is 0 Å². The first-order valence-corrected chi connectivity index (χ1v) is 5.61. The smallest absolute Gasteiger partial charge is 0.407 e. The number of hydrogen-bond acceptors (Lipinski definition) is 5. The van der Waals surface area contributed by atoms with Crippen molar-refractivity contribution in [3.63, 3.8) is 0 Å². The van der Waals surface area contributed by atoms with Crippen LogP contribution in [-0.4, -0.2) is 69.9 Å². The summed E-state index contributed by atoms with van der Waals surface area (Å²) in [4.78, 5) is 24.2. The first kappa shape index (κ1) is 13.7. The number of amides is 2. The van der Waals surface area contributed by atoms with E-state index in [1.54, 1.807) is 0 Å². The average Bonchev–Trinajstić information content (AvgIpc) is 2.37. The lowest BCUT2D eigenvalue weighted by Gasteiger charge is -2.26. The van der Waals surface area contributed by atoms with Crippen LogP contribution in [0.5, 0.6) is 0 Å². The van der Waals surface area contributed by atoms with E-state index in [1.165, 1.54) is 7.11 Å². The number of carbonyl (C=O) groups is 2. The molecule has 1 heterocycles. The molecule has 7 heteroatoms. The zero-order valence-electron chi connectivity index (χ0n) is 10.0. The third-order valence-corrected chi connectivity index (χ3v) is 2.43. The predicted octanol–water partition coefficient (Wildman–Crippen LogP) is -1.21. The van der Waals surface area contributed by atoms with Gasteiger partial charge in [-0.2, -0.15) is 0 Å². The molecule has 1 rings (SSSR count). The van der Waals surface area contributed by atoms with Crippen LogP contribution < -0.4 is 10.6 Å².